The Labute approximate surface area is 144 Å². The van der Waals surface area contributed by atoms with Crippen LogP contribution in [-0.2, 0) is 12.8 Å². The van der Waals surface area contributed by atoms with Crippen LogP contribution in [0.5, 0.6) is 5.75 Å². The van der Waals surface area contributed by atoms with Gasteiger partial charge in [-0.2, -0.15) is 10.2 Å². The van der Waals surface area contributed by atoms with Crippen molar-refractivity contribution in [1.29, 1.82) is 0 Å². The molecule has 0 unspecified atom stereocenters. The predicted octanol–water partition coefficient (Wildman–Crippen LogP) is 2.63. The van der Waals surface area contributed by atoms with Crippen LogP contribution in [0.1, 0.15) is 21.6 Å². The number of pyridine rings is 1. The Morgan fingerprint density at radius 2 is 2.12 bits per heavy atom. The highest BCUT2D eigenvalue weighted by molar-refractivity contribution is 6.03. The minimum atomic E-state index is -0.584. The molecule has 2 N–H and O–H groups in total. The molecule has 0 spiro atoms. The van der Waals surface area contributed by atoms with E-state index in [4.69, 9.17) is 4.74 Å². The molecule has 2 heterocycles. The van der Waals surface area contributed by atoms with Crippen LogP contribution in [0.4, 0.5) is 5.82 Å². The van der Waals surface area contributed by atoms with Crippen LogP contribution in [0.25, 0.3) is 0 Å². The van der Waals surface area contributed by atoms with E-state index in [2.05, 4.69) is 15.2 Å². The number of hydrogen-bond donors (Lipinski definition) is 2. The summed E-state index contributed by atoms with van der Waals surface area (Å²) in [6.07, 6.45) is 4.42. The highest BCUT2D eigenvalue weighted by Crippen LogP contribution is 2.17. The van der Waals surface area contributed by atoms with Crippen molar-refractivity contribution >= 4 is 11.7 Å². The topological polar surface area (TPSA) is 91.3 Å². The lowest BCUT2D eigenvalue weighted by Gasteiger charge is -2.10. The highest BCUT2D eigenvalue weighted by Gasteiger charge is 2.18. The normalized spacial score (nSPS) is 10.5. The number of methoxy groups -OCH3 is 1. The lowest BCUT2D eigenvalue weighted by molar-refractivity contribution is 0.0851. The molecule has 0 radical (unpaired) electrons. The summed E-state index contributed by atoms with van der Waals surface area (Å²) < 4.78 is 5.21. The fraction of sp³-hybridized carbons (Fsp3) is 0.167. The molecule has 1 amide bonds. The number of H-pyrrole nitrogens is 1. The SMILES string of the molecule is COc1cccc(CCc2cc(N(O)C(=O)c3cccnc3)n[nH]2)c1. The average Bonchev–Trinajstić information content (AvgIpc) is 3.15. The minimum absolute atomic E-state index is 0.148. The molecular formula is C18H18N4O3. The number of nitrogens with one attached hydrogen (secondary N) is 1. The Hall–Kier alpha value is -3.19. The van der Waals surface area contributed by atoms with Crippen molar-refractivity contribution < 1.29 is 14.7 Å². The molecule has 0 fully saturated rings. The van der Waals surface area contributed by atoms with E-state index in [0.29, 0.717) is 11.5 Å². The third-order valence-corrected chi connectivity index (χ3v) is 3.75. The molecule has 1 aromatic carbocycles. The fourth-order valence-corrected chi connectivity index (χ4v) is 2.41. The maximum Gasteiger partial charge on any atom is 0.285 e. The molecule has 2 aromatic heterocycles. The number of carbonyl (C=O) groups excluding carboxylic acids is 1. The van der Waals surface area contributed by atoms with Crippen LogP contribution in [0.15, 0.2) is 54.9 Å². The molecule has 3 aromatic rings. The highest BCUT2D eigenvalue weighted by atomic mass is 16.5. The monoisotopic (exact) mass is 338 g/mol. The molecule has 0 bridgehead atoms. The Morgan fingerprint density at radius 1 is 1.24 bits per heavy atom. The van der Waals surface area contributed by atoms with Gasteiger partial charge in [0.25, 0.3) is 5.91 Å². The molecule has 0 atom stereocenters. The Balaban J connectivity index is 1.64. The van der Waals surface area contributed by atoms with Crippen molar-refractivity contribution in [1.82, 2.24) is 15.2 Å². The molecule has 0 aliphatic heterocycles. The third-order valence-electron chi connectivity index (χ3n) is 3.75. The number of benzene rings is 1. The van der Waals surface area contributed by atoms with Gasteiger partial charge in [0, 0.05) is 24.2 Å². The first-order valence-corrected chi connectivity index (χ1v) is 7.78. The molecule has 25 heavy (non-hydrogen) atoms. The number of rotatable bonds is 6. The van der Waals surface area contributed by atoms with Gasteiger partial charge in [-0.3, -0.25) is 20.1 Å². The van der Waals surface area contributed by atoms with E-state index in [1.165, 1.54) is 6.20 Å². The van der Waals surface area contributed by atoms with E-state index in [0.717, 1.165) is 23.4 Å². The standard InChI is InChI=1S/C18H18N4O3/c1-25-16-6-2-4-13(10-16)7-8-15-11-17(21-20-15)22(24)18(23)14-5-3-9-19-12-14/h2-6,9-12,24H,7-8H2,1H3,(H,20,21). The van der Waals surface area contributed by atoms with Crippen LogP contribution in [0, 0.1) is 0 Å². The van der Waals surface area contributed by atoms with Gasteiger partial charge in [-0.15, -0.1) is 0 Å². The Kier molecular flexibility index (Phi) is 5.06. The van der Waals surface area contributed by atoms with Crippen molar-refractivity contribution in [2.24, 2.45) is 0 Å². The van der Waals surface area contributed by atoms with Gasteiger partial charge in [0.15, 0.2) is 5.82 Å². The maximum atomic E-state index is 12.2. The maximum absolute atomic E-state index is 12.2. The Morgan fingerprint density at radius 3 is 2.88 bits per heavy atom. The van der Waals surface area contributed by atoms with Crippen LogP contribution in [0.3, 0.4) is 0 Å². The summed E-state index contributed by atoms with van der Waals surface area (Å²) in [6, 6.07) is 12.7. The first kappa shape index (κ1) is 16.7. The van der Waals surface area contributed by atoms with E-state index >= 15 is 0 Å². The number of hydroxylamine groups is 1. The summed E-state index contributed by atoms with van der Waals surface area (Å²) in [7, 11) is 1.63. The summed E-state index contributed by atoms with van der Waals surface area (Å²) in [5.41, 5.74) is 2.23. The van der Waals surface area contributed by atoms with Gasteiger partial charge >= 0.3 is 0 Å². The van der Waals surface area contributed by atoms with Crippen molar-refractivity contribution in [2.75, 3.05) is 12.2 Å². The van der Waals surface area contributed by atoms with E-state index < -0.39 is 5.91 Å². The molecule has 3 rings (SSSR count). The van der Waals surface area contributed by atoms with Gasteiger partial charge in [-0.05, 0) is 42.7 Å². The zero-order chi connectivity index (χ0) is 17.6. The van der Waals surface area contributed by atoms with Crippen LogP contribution in [-0.4, -0.2) is 33.4 Å². The first-order valence-electron chi connectivity index (χ1n) is 7.78. The second-order valence-electron chi connectivity index (χ2n) is 5.46. The minimum Gasteiger partial charge on any atom is -0.497 e. The largest absolute Gasteiger partial charge is 0.497 e. The molecular weight excluding hydrogens is 320 g/mol. The molecule has 7 heteroatoms. The number of aromatic nitrogens is 3. The van der Waals surface area contributed by atoms with Crippen molar-refractivity contribution in [2.45, 2.75) is 12.8 Å². The van der Waals surface area contributed by atoms with E-state index in [-0.39, 0.29) is 11.4 Å². The molecule has 0 saturated heterocycles. The van der Waals surface area contributed by atoms with E-state index in [9.17, 15) is 10.0 Å². The number of anilines is 1. The van der Waals surface area contributed by atoms with Gasteiger partial charge in [0.2, 0.25) is 0 Å². The smallest absolute Gasteiger partial charge is 0.285 e. The van der Waals surface area contributed by atoms with E-state index in [1.54, 1.807) is 31.5 Å². The van der Waals surface area contributed by atoms with Crippen molar-refractivity contribution in [3.63, 3.8) is 0 Å². The quantitative estimate of drug-likeness (QED) is 0.532. The number of amides is 1. The van der Waals surface area contributed by atoms with Gasteiger partial charge in [0.1, 0.15) is 5.75 Å². The van der Waals surface area contributed by atoms with Crippen LogP contribution < -0.4 is 9.80 Å². The molecule has 128 valence electrons. The number of ether oxygens (including phenoxy) is 1. The first-order chi connectivity index (χ1) is 12.2. The van der Waals surface area contributed by atoms with Crippen LogP contribution >= 0.6 is 0 Å². The van der Waals surface area contributed by atoms with E-state index in [1.807, 2.05) is 24.3 Å². The zero-order valence-corrected chi connectivity index (χ0v) is 13.7. The fourth-order valence-electron chi connectivity index (χ4n) is 2.41. The second kappa shape index (κ2) is 7.59. The average molecular weight is 338 g/mol. The number of hydrogen-bond acceptors (Lipinski definition) is 5. The molecule has 0 saturated carbocycles. The van der Waals surface area contributed by atoms with Gasteiger partial charge in [-0.25, -0.2) is 0 Å². The van der Waals surface area contributed by atoms with Crippen molar-refractivity contribution in [3.05, 3.63) is 71.7 Å². The summed E-state index contributed by atoms with van der Waals surface area (Å²) in [6.45, 7) is 0. The summed E-state index contributed by atoms with van der Waals surface area (Å²) in [5.74, 6) is 0.375. The lowest BCUT2D eigenvalue weighted by atomic mass is 10.1. The number of aryl methyl sites for hydroxylation is 2. The summed E-state index contributed by atoms with van der Waals surface area (Å²) >= 11 is 0. The predicted molar refractivity (Wildman–Crippen MR) is 91.8 cm³/mol. The molecule has 0 aliphatic rings. The second-order valence-corrected chi connectivity index (χ2v) is 5.46. The van der Waals surface area contributed by atoms with Crippen LogP contribution in [0.2, 0.25) is 0 Å². The number of carbonyl (C=O) groups is 1. The van der Waals surface area contributed by atoms with Gasteiger partial charge < -0.3 is 4.74 Å². The van der Waals surface area contributed by atoms with Gasteiger partial charge in [-0.1, -0.05) is 12.1 Å². The lowest BCUT2D eigenvalue weighted by Crippen LogP contribution is -2.27. The van der Waals surface area contributed by atoms with Gasteiger partial charge in [0.05, 0.1) is 12.7 Å². The zero-order valence-electron chi connectivity index (χ0n) is 13.7. The Bertz CT molecular complexity index is 848. The molecule has 0 aliphatic carbocycles. The summed E-state index contributed by atoms with van der Waals surface area (Å²) in [4.78, 5) is 16.0. The molecule has 7 nitrogen and oxygen atoms in total. The number of nitrogens with zero attached hydrogens (tertiary/aromatic N) is 3. The number of aromatic amines is 1. The van der Waals surface area contributed by atoms with Crippen molar-refractivity contribution in [3.8, 4) is 5.75 Å². The summed E-state index contributed by atoms with van der Waals surface area (Å²) in [5, 5.41) is 17.4. The third kappa shape index (κ3) is 4.02.